The van der Waals surface area contributed by atoms with Gasteiger partial charge in [-0.3, -0.25) is 14.4 Å². The molecule has 1 N–H and O–H groups in total. The van der Waals surface area contributed by atoms with E-state index in [1.54, 1.807) is 30.3 Å². The van der Waals surface area contributed by atoms with Crippen LogP contribution in [0.2, 0.25) is 0 Å². The number of hydrogen-bond donors (Lipinski definition) is 1. The molecule has 146 valence electrons. The molecule has 3 rings (SSSR count). The molecule has 0 saturated carbocycles. The van der Waals surface area contributed by atoms with Gasteiger partial charge < -0.3 is 5.32 Å². The van der Waals surface area contributed by atoms with Crippen molar-refractivity contribution in [3.05, 3.63) is 60.2 Å². The van der Waals surface area contributed by atoms with E-state index >= 15 is 0 Å². The number of nitrogens with one attached hydrogen (secondary N) is 1. The van der Waals surface area contributed by atoms with Gasteiger partial charge >= 0.3 is 6.18 Å². The van der Waals surface area contributed by atoms with Crippen LogP contribution in [-0.4, -0.2) is 28.7 Å². The van der Waals surface area contributed by atoms with E-state index in [1.807, 2.05) is 0 Å². The second-order valence-electron chi connectivity index (χ2n) is 6.03. The molecule has 1 atom stereocenters. The fourth-order valence-electron chi connectivity index (χ4n) is 2.70. The topological polar surface area (TPSA) is 66.5 Å². The van der Waals surface area contributed by atoms with E-state index in [0.29, 0.717) is 5.69 Å². The summed E-state index contributed by atoms with van der Waals surface area (Å²) in [6, 6.07) is 12.6. The van der Waals surface area contributed by atoms with Crippen LogP contribution >= 0.6 is 11.8 Å². The Morgan fingerprint density at radius 2 is 1.71 bits per heavy atom. The number of carbonyl (C=O) groups is 3. The number of halogens is 3. The number of alkyl halides is 3. The predicted molar refractivity (Wildman–Crippen MR) is 99.9 cm³/mol. The first kappa shape index (κ1) is 19.9. The van der Waals surface area contributed by atoms with E-state index in [2.05, 4.69) is 5.32 Å². The van der Waals surface area contributed by atoms with Gasteiger partial charge in [-0.2, -0.15) is 13.2 Å². The van der Waals surface area contributed by atoms with Crippen LogP contribution < -0.4 is 10.2 Å². The molecule has 5 nitrogen and oxygen atoms in total. The molecule has 1 aliphatic heterocycles. The lowest BCUT2D eigenvalue weighted by molar-refractivity contribution is -0.137. The summed E-state index contributed by atoms with van der Waals surface area (Å²) < 4.78 is 37.6. The molecule has 0 bridgehead atoms. The van der Waals surface area contributed by atoms with E-state index < -0.39 is 22.9 Å². The summed E-state index contributed by atoms with van der Waals surface area (Å²) in [6.45, 7) is 0. The average Bonchev–Trinajstić information content (AvgIpc) is 2.94. The summed E-state index contributed by atoms with van der Waals surface area (Å²) in [4.78, 5) is 37.7. The van der Waals surface area contributed by atoms with Crippen LogP contribution in [0.3, 0.4) is 0 Å². The fraction of sp³-hybridized carbons (Fsp3) is 0.211. The number of rotatable bonds is 5. The molecule has 1 aliphatic rings. The first-order valence-electron chi connectivity index (χ1n) is 8.26. The quantitative estimate of drug-likeness (QED) is 0.766. The zero-order chi connectivity index (χ0) is 20.3. The molecule has 1 saturated heterocycles. The molecule has 0 radical (unpaired) electrons. The van der Waals surface area contributed by atoms with Gasteiger partial charge in [0, 0.05) is 12.1 Å². The van der Waals surface area contributed by atoms with Gasteiger partial charge in [-0.25, -0.2) is 4.90 Å². The molecule has 0 aliphatic carbocycles. The lowest BCUT2D eigenvalue weighted by atomic mass is 10.2. The lowest BCUT2D eigenvalue weighted by Gasteiger charge is -2.14. The lowest BCUT2D eigenvalue weighted by Crippen LogP contribution is -2.31. The fourth-order valence-corrected chi connectivity index (χ4v) is 3.63. The van der Waals surface area contributed by atoms with Crippen LogP contribution in [0.1, 0.15) is 12.0 Å². The maximum absolute atomic E-state index is 12.5. The Morgan fingerprint density at radius 1 is 1.07 bits per heavy atom. The van der Waals surface area contributed by atoms with Gasteiger partial charge in [0.2, 0.25) is 17.7 Å². The SMILES string of the molecule is O=C(CS[C@@H]1CC(=O)N(c2ccccc2)C1=O)Nc1ccc(C(F)(F)F)cc1. The molecule has 1 fully saturated rings. The molecule has 2 aromatic carbocycles. The van der Waals surface area contributed by atoms with Gasteiger partial charge in [0.1, 0.15) is 0 Å². The van der Waals surface area contributed by atoms with E-state index in [-0.39, 0.29) is 29.7 Å². The molecule has 28 heavy (non-hydrogen) atoms. The second kappa shape index (κ2) is 8.05. The summed E-state index contributed by atoms with van der Waals surface area (Å²) in [5.41, 5.74) is -0.107. The standard InChI is InChI=1S/C19H15F3N2O3S/c20-19(21,22)12-6-8-13(9-7-12)23-16(25)11-28-15-10-17(26)24(18(15)27)14-4-2-1-3-5-14/h1-9,15H,10-11H2,(H,23,25)/t15-/m1/s1. The highest BCUT2D eigenvalue weighted by Gasteiger charge is 2.40. The van der Waals surface area contributed by atoms with Gasteiger partial charge in [-0.15, -0.1) is 11.8 Å². The van der Waals surface area contributed by atoms with Gasteiger partial charge in [0.15, 0.2) is 0 Å². The number of carbonyl (C=O) groups excluding carboxylic acids is 3. The zero-order valence-electron chi connectivity index (χ0n) is 14.4. The molecule has 0 aromatic heterocycles. The highest BCUT2D eigenvalue weighted by molar-refractivity contribution is 8.01. The van der Waals surface area contributed by atoms with Gasteiger partial charge in [-0.05, 0) is 36.4 Å². The van der Waals surface area contributed by atoms with Crippen molar-refractivity contribution in [3.8, 4) is 0 Å². The summed E-state index contributed by atoms with van der Waals surface area (Å²) in [5.74, 6) is -1.29. The summed E-state index contributed by atoms with van der Waals surface area (Å²) in [5, 5.41) is 1.80. The summed E-state index contributed by atoms with van der Waals surface area (Å²) in [6.07, 6.45) is -4.45. The molecule has 2 aromatic rings. The van der Waals surface area contributed by atoms with Crippen molar-refractivity contribution in [2.75, 3.05) is 16.0 Å². The zero-order valence-corrected chi connectivity index (χ0v) is 15.2. The van der Waals surface area contributed by atoms with Gasteiger partial charge in [0.25, 0.3) is 0 Å². The van der Waals surface area contributed by atoms with Crippen molar-refractivity contribution in [2.45, 2.75) is 17.8 Å². The summed E-state index contributed by atoms with van der Waals surface area (Å²) >= 11 is 1.02. The number of para-hydroxylation sites is 1. The van der Waals surface area contributed by atoms with Crippen LogP contribution in [-0.2, 0) is 20.6 Å². The van der Waals surface area contributed by atoms with Crippen LogP contribution in [0.25, 0.3) is 0 Å². The van der Waals surface area contributed by atoms with Crippen molar-refractivity contribution in [1.29, 1.82) is 0 Å². The molecule has 9 heteroatoms. The number of hydrogen-bond acceptors (Lipinski definition) is 4. The van der Waals surface area contributed by atoms with Gasteiger partial charge in [-0.1, -0.05) is 18.2 Å². The molecule has 0 spiro atoms. The second-order valence-corrected chi connectivity index (χ2v) is 7.22. The number of nitrogens with zero attached hydrogens (tertiary/aromatic N) is 1. The maximum Gasteiger partial charge on any atom is 0.416 e. The predicted octanol–water partition coefficient (Wildman–Crippen LogP) is 3.71. The molecule has 0 unspecified atom stereocenters. The van der Waals surface area contributed by atoms with Crippen LogP contribution in [0, 0.1) is 0 Å². The first-order chi connectivity index (χ1) is 13.3. The maximum atomic E-state index is 12.5. The van der Waals surface area contributed by atoms with Crippen molar-refractivity contribution in [1.82, 2.24) is 0 Å². The first-order valence-corrected chi connectivity index (χ1v) is 9.31. The number of thioether (sulfide) groups is 1. The summed E-state index contributed by atoms with van der Waals surface area (Å²) in [7, 11) is 0. The minimum absolute atomic E-state index is 0.00798. The Labute approximate surface area is 162 Å². The third-order valence-corrected chi connectivity index (χ3v) is 5.23. The number of benzene rings is 2. The Bertz CT molecular complexity index is 886. The van der Waals surface area contributed by atoms with Gasteiger partial charge in [0.05, 0.1) is 22.3 Å². The third-order valence-electron chi connectivity index (χ3n) is 4.03. The van der Waals surface area contributed by atoms with E-state index in [0.717, 1.165) is 40.9 Å². The van der Waals surface area contributed by atoms with Crippen molar-refractivity contribution < 1.29 is 27.6 Å². The molecule has 1 heterocycles. The monoisotopic (exact) mass is 408 g/mol. The van der Waals surface area contributed by atoms with E-state index in [9.17, 15) is 27.6 Å². The van der Waals surface area contributed by atoms with E-state index in [1.165, 1.54) is 0 Å². The Hall–Kier alpha value is -2.81. The molecular weight excluding hydrogens is 393 g/mol. The smallest absolute Gasteiger partial charge is 0.325 e. The minimum Gasteiger partial charge on any atom is -0.325 e. The minimum atomic E-state index is -4.45. The Balaban J connectivity index is 1.55. The van der Waals surface area contributed by atoms with Crippen molar-refractivity contribution in [3.63, 3.8) is 0 Å². The largest absolute Gasteiger partial charge is 0.416 e. The molecule has 3 amide bonds. The van der Waals surface area contributed by atoms with Crippen LogP contribution in [0.5, 0.6) is 0 Å². The highest BCUT2D eigenvalue weighted by Crippen LogP contribution is 2.31. The van der Waals surface area contributed by atoms with E-state index in [4.69, 9.17) is 0 Å². The highest BCUT2D eigenvalue weighted by atomic mass is 32.2. The number of anilines is 2. The normalized spacial score (nSPS) is 17.1. The third kappa shape index (κ3) is 4.53. The van der Waals surface area contributed by atoms with Crippen LogP contribution in [0.15, 0.2) is 54.6 Å². The van der Waals surface area contributed by atoms with Crippen molar-refractivity contribution >= 4 is 40.9 Å². The molecular formula is C19H15F3N2O3S. The van der Waals surface area contributed by atoms with Crippen LogP contribution in [0.4, 0.5) is 24.5 Å². The Morgan fingerprint density at radius 3 is 2.32 bits per heavy atom. The Kier molecular flexibility index (Phi) is 5.73. The number of imide groups is 1. The number of amides is 3. The van der Waals surface area contributed by atoms with Crippen molar-refractivity contribution in [2.24, 2.45) is 0 Å². The average molecular weight is 408 g/mol.